The van der Waals surface area contributed by atoms with Gasteiger partial charge in [0.1, 0.15) is 18.2 Å². The average molecular weight is 299 g/mol. The molecule has 1 aliphatic rings. The molecule has 0 unspecified atom stereocenters. The molecule has 0 saturated carbocycles. The van der Waals surface area contributed by atoms with Crippen molar-refractivity contribution in [3.05, 3.63) is 0 Å². The Morgan fingerprint density at radius 3 is 2.57 bits per heavy atom. The number of esters is 2. The summed E-state index contributed by atoms with van der Waals surface area (Å²) in [6.45, 7) is 7.66. The van der Waals surface area contributed by atoms with Crippen LogP contribution in [0.5, 0.6) is 0 Å². The summed E-state index contributed by atoms with van der Waals surface area (Å²) in [6, 6.07) is -0.627. The first-order chi connectivity index (χ1) is 9.88. The molecule has 4 atom stereocenters. The molecular formula is C15H25NO5. The van der Waals surface area contributed by atoms with E-state index < -0.39 is 12.0 Å². The Balaban J connectivity index is 2.51. The van der Waals surface area contributed by atoms with E-state index in [-0.39, 0.29) is 30.0 Å². The van der Waals surface area contributed by atoms with Crippen LogP contribution in [0, 0.1) is 11.8 Å². The van der Waals surface area contributed by atoms with E-state index in [1.807, 2.05) is 20.8 Å². The van der Waals surface area contributed by atoms with Crippen molar-refractivity contribution in [1.82, 2.24) is 5.32 Å². The molecule has 6 heteroatoms. The van der Waals surface area contributed by atoms with Gasteiger partial charge in [-0.05, 0) is 25.7 Å². The number of cyclic esters (lactones) is 1. The predicted octanol–water partition coefficient (Wildman–Crippen LogP) is 1.42. The molecule has 0 radical (unpaired) electrons. The molecule has 0 aromatic heterocycles. The van der Waals surface area contributed by atoms with E-state index in [1.54, 1.807) is 6.92 Å². The number of carbonyl (C=O) groups is 3. The van der Waals surface area contributed by atoms with E-state index in [0.29, 0.717) is 25.7 Å². The molecule has 1 aliphatic heterocycles. The summed E-state index contributed by atoms with van der Waals surface area (Å²) in [5.74, 6) is -0.512. The Morgan fingerprint density at radius 2 is 2.14 bits per heavy atom. The molecule has 0 bridgehead atoms. The van der Waals surface area contributed by atoms with Crippen molar-refractivity contribution in [2.75, 3.05) is 0 Å². The van der Waals surface area contributed by atoms with Gasteiger partial charge in [0.05, 0.1) is 5.92 Å². The lowest BCUT2D eigenvalue weighted by Gasteiger charge is -2.35. The van der Waals surface area contributed by atoms with E-state index in [2.05, 4.69) is 5.32 Å². The summed E-state index contributed by atoms with van der Waals surface area (Å²) < 4.78 is 10.5. The molecule has 1 saturated heterocycles. The van der Waals surface area contributed by atoms with Crippen molar-refractivity contribution in [3.8, 4) is 0 Å². The zero-order valence-corrected chi connectivity index (χ0v) is 13.1. The van der Waals surface area contributed by atoms with Crippen molar-refractivity contribution < 1.29 is 23.9 Å². The Kier molecular flexibility index (Phi) is 6.65. The number of carbonyl (C=O) groups excluding carboxylic acids is 3. The van der Waals surface area contributed by atoms with E-state index in [1.165, 1.54) is 0 Å². The number of hydrogen-bond acceptors (Lipinski definition) is 5. The summed E-state index contributed by atoms with van der Waals surface area (Å²) >= 11 is 0. The Labute approximate surface area is 125 Å². The number of hydrogen-bond donors (Lipinski definition) is 1. The highest BCUT2D eigenvalue weighted by atomic mass is 16.6. The van der Waals surface area contributed by atoms with Crippen LogP contribution in [-0.4, -0.2) is 36.6 Å². The van der Waals surface area contributed by atoms with Gasteiger partial charge in [0, 0.05) is 6.42 Å². The van der Waals surface area contributed by atoms with Crippen molar-refractivity contribution in [2.45, 2.75) is 65.2 Å². The quantitative estimate of drug-likeness (QED) is 0.514. The van der Waals surface area contributed by atoms with Crippen LogP contribution in [0.2, 0.25) is 0 Å². The van der Waals surface area contributed by atoms with Gasteiger partial charge in [0.2, 0.25) is 6.41 Å². The fourth-order valence-corrected chi connectivity index (χ4v) is 2.28. The first-order valence-corrected chi connectivity index (χ1v) is 7.49. The first kappa shape index (κ1) is 17.5. The van der Waals surface area contributed by atoms with Gasteiger partial charge < -0.3 is 14.8 Å². The fourth-order valence-electron chi connectivity index (χ4n) is 2.28. The standard InChI is InChI=1S/C15H25NO5/c1-5-11(7-13-10(4)14(18)21-13)20-15(19)12(16-8-17)6-9(2)3/h8-13H,5-7H2,1-4H3,(H,16,17)/t10-,11-,12-,13-/m0/s1. The minimum atomic E-state index is -0.627. The molecule has 1 rings (SSSR count). The second-order valence-corrected chi connectivity index (χ2v) is 5.93. The fraction of sp³-hybridized carbons (Fsp3) is 0.800. The van der Waals surface area contributed by atoms with E-state index in [0.717, 1.165) is 0 Å². The summed E-state index contributed by atoms with van der Waals surface area (Å²) in [4.78, 5) is 33.8. The predicted molar refractivity (Wildman–Crippen MR) is 76.3 cm³/mol. The normalized spacial score (nSPS) is 23.8. The largest absolute Gasteiger partial charge is 0.461 e. The maximum atomic E-state index is 12.1. The summed E-state index contributed by atoms with van der Waals surface area (Å²) in [6.07, 6.45) is 1.71. The number of amides is 1. The summed E-state index contributed by atoms with van der Waals surface area (Å²) in [5, 5.41) is 2.50. The average Bonchev–Trinajstić information content (AvgIpc) is 2.44. The minimum absolute atomic E-state index is 0.141. The Bertz CT molecular complexity index is 382. The molecule has 1 amide bonds. The van der Waals surface area contributed by atoms with Crippen molar-refractivity contribution >= 4 is 18.3 Å². The van der Waals surface area contributed by atoms with Crippen molar-refractivity contribution in [1.29, 1.82) is 0 Å². The summed E-state index contributed by atoms with van der Waals surface area (Å²) in [5.41, 5.74) is 0. The smallest absolute Gasteiger partial charge is 0.328 e. The monoisotopic (exact) mass is 299 g/mol. The molecule has 1 N–H and O–H groups in total. The lowest BCUT2D eigenvalue weighted by Crippen LogP contribution is -2.46. The number of nitrogens with one attached hydrogen (secondary N) is 1. The van der Waals surface area contributed by atoms with E-state index in [9.17, 15) is 14.4 Å². The topological polar surface area (TPSA) is 81.7 Å². The van der Waals surface area contributed by atoms with Crippen LogP contribution in [0.1, 0.15) is 47.0 Å². The highest BCUT2D eigenvalue weighted by molar-refractivity contribution is 5.79. The molecule has 0 aromatic carbocycles. The molecule has 120 valence electrons. The molecule has 0 aromatic rings. The van der Waals surface area contributed by atoms with Crippen molar-refractivity contribution in [2.24, 2.45) is 11.8 Å². The van der Waals surface area contributed by atoms with Crippen LogP contribution in [0.4, 0.5) is 0 Å². The van der Waals surface area contributed by atoms with Crippen LogP contribution in [0.25, 0.3) is 0 Å². The van der Waals surface area contributed by atoms with Gasteiger partial charge in [-0.3, -0.25) is 9.59 Å². The van der Waals surface area contributed by atoms with E-state index >= 15 is 0 Å². The van der Waals surface area contributed by atoms with Crippen LogP contribution >= 0.6 is 0 Å². The molecule has 0 aliphatic carbocycles. The third kappa shape index (κ3) is 5.02. The molecule has 21 heavy (non-hydrogen) atoms. The third-order valence-electron chi connectivity index (χ3n) is 3.69. The third-order valence-corrected chi connectivity index (χ3v) is 3.69. The molecular weight excluding hydrogens is 274 g/mol. The first-order valence-electron chi connectivity index (χ1n) is 7.49. The zero-order chi connectivity index (χ0) is 16.0. The van der Waals surface area contributed by atoms with Gasteiger partial charge >= 0.3 is 11.9 Å². The number of ether oxygens (including phenoxy) is 2. The molecule has 0 spiro atoms. The highest BCUT2D eigenvalue weighted by Gasteiger charge is 2.40. The second-order valence-electron chi connectivity index (χ2n) is 5.93. The SMILES string of the molecule is CC[C@@H](C[C@@H]1OC(=O)[C@H]1C)OC(=O)[C@H](CC(C)C)NC=O. The summed E-state index contributed by atoms with van der Waals surface area (Å²) in [7, 11) is 0. The minimum Gasteiger partial charge on any atom is -0.461 e. The lowest BCUT2D eigenvalue weighted by atomic mass is 9.93. The number of rotatable bonds is 9. The maximum Gasteiger partial charge on any atom is 0.328 e. The zero-order valence-electron chi connectivity index (χ0n) is 13.1. The van der Waals surface area contributed by atoms with Crippen LogP contribution in [0.3, 0.4) is 0 Å². The van der Waals surface area contributed by atoms with Crippen LogP contribution < -0.4 is 5.32 Å². The van der Waals surface area contributed by atoms with Crippen molar-refractivity contribution in [3.63, 3.8) is 0 Å². The Morgan fingerprint density at radius 1 is 1.48 bits per heavy atom. The van der Waals surface area contributed by atoms with Crippen LogP contribution in [-0.2, 0) is 23.9 Å². The second kappa shape index (κ2) is 8.00. The van der Waals surface area contributed by atoms with Gasteiger partial charge in [-0.15, -0.1) is 0 Å². The van der Waals surface area contributed by atoms with Gasteiger partial charge in [-0.1, -0.05) is 20.8 Å². The Hall–Kier alpha value is -1.59. The molecule has 6 nitrogen and oxygen atoms in total. The van der Waals surface area contributed by atoms with Gasteiger partial charge in [-0.2, -0.15) is 0 Å². The van der Waals surface area contributed by atoms with Crippen LogP contribution in [0.15, 0.2) is 0 Å². The molecule has 1 fully saturated rings. The van der Waals surface area contributed by atoms with E-state index in [4.69, 9.17) is 9.47 Å². The van der Waals surface area contributed by atoms with Gasteiger partial charge in [-0.25, -0.2) is 4.79 Å². The maximum absolute atomic E-state index is 12.1. The van der Waals surface area contributed by atoms with Gasteiger partial charge in [0.25, 0.3) is 0 Å². The molecule has 1 heterocycles. The lowest BCUT2D eigenvalue weighted by molar-refractivity contribution is -0.187. The van der Waals surface area contributed by atoms with Gasteiger partial charge in [0.15, 0.2) is 0 Å². The highest BCUT2D eigenvalue weighted by Crippen LogP contribution is 2.27.